The van der Waals surface area contributed by atoms with E-state index in [1.807, 2.05) is 24.3 Å². The fourth-order valence-electron chi connectivity index (χ4n) is 2.56. The molecule has 3 rings (SSSR count). The van der Waals surface area contributed by atoms with Crippen LogP contribution >= 0.6 is 0 Å². The molecule has 0 aliphatic heterocycles. The van der Waals surface area contributed by atoms with Gasteiger partial charge in [-0.05, 0) is 31.2 Å². The Hall–Kier alpha value is -3.55. The van der Waals surface area contributed by atoms with Crippen LogP contribution in [0.15, 0.2) is 48.5 Å². The third kappa shape index (κ3) is 4.59. The highest BCUT2D eigenvalue weighted by atomic mass is 19.2. The van der Waals surface area contributed by atoms with Gasteiger partial charge in [-0.2, -0.15) is 0 Å². The molecule has 6 nitrogen and oxygen atoms in total. The Morgan fingerprint density at radius 1 is 1.07 bits per heavy atom. The van der Waals surface area contributed by atoms with Gasteiger partial charge in [-0.15, -0.1) is 0 Å². The summed E-state index contributed by atoms with van der Waals surface area (Å²) in [4.78, 5) is 20.9. The van der Waals surface area contributed by atoms with Crippen LogP contribution in [0, 0.1) is 18.6 Å². The minimum atomic E-state index is -1.05. The van der Waals surface area contributed by atoms with Crippen molar-refractivity contribution in [3.05, 3.63) is 77.1 Å². The summed E-state index contributed by atoms with van der Waals surface area (Å²) in [5.41, 5.74) is 1.71. The van der Waals surface area contributed by atoms with Gasteiger partial charge in [-0.25, -0.2) is 18.7 Å². The molecule has 1 amide bonds. The number of anilines is 2. The number of hydrogen-bond acceptors (Lipinski definition) is 5. The van der Waals surface area contributed by atoms with Crippen LogP contribution in [-0.4, -0.2) is 23.0 Å². The molecule has 0 atom stereocenters. The maximum absolute atomic E-state index is 13.3. The van der Waals surface area contributed by atoms with Crippen molar-refractivity contribution in [2.45, 2.75) is 13.5 Å². The topological polar surface area (TPSA) is 76.1 Å². The average molecular weight is 384 g/mol. The summed E-state index contributed by atoms with van der Waals surface area (Å²) in [6.45, 7) is 2.13. The van der Waals surface area contributed by atoms with Crippen LogP contribution in [0.3, 0.4) is 0 Å². The van der Waals surface area contributed by atoms with E-state index in [0.29, 0.717) is 12.2 Å². The molecule has 3 aromatic rings. The molecule has 0 aliphatic carbocycles. The zero-order chi connectivity index (χ0) is 20.1. The van der Waals surface area contributed by atoms with E-state index in [4.69, 9.17) is 4.74 Å². The largest absolute Gasteiger partial charge is 0.496 e. The molecule has 0 bridgehead atoms. The third-order valence-corrected chi connectivity index (χ3v) is 3.89. The molecule has 0 saturated heterocycles. The Kier molecular flexibility index (Phi) is 5.78. The molecule has 144 valence electrons. The van der Waals surface area contributed by atoms with Crippen LogP contribution in [0.25, 0.3) is 0 Å². The molecule has 0 saturated carbocycles. The molecule has 1 heterocycles. The van der Waals surface area contributed by atoms with Crippen LogP contribution in [-0.2, 0) is 6.54 Å². The van der Waals surface area contributed by atoms with Gasteiger partial charge < -0.3 is 15.4 Å². The quantitative estimate of drug-likeness (QED) is 0.673. The van der Waals surface area contributed by atoms with E-state index < -0.39 is 17.5 Å². The van der Waals surface area contributed by atoms with E-state index in [1.165, 1.54) is 12.1 Å². The fourth-order valence-corrected chi connectivity index (χ4v) is 2.56. The molecule has 8 heteroatoms. The van der Waals surface area contributed by atoms with E-state index in [9.17, 15) is 13.6 Å². The van der Waals surface area contributed by atoms with Gasteiger partial charge in [0.25, 0.3) is 5.91 Å². The normalized spacial score (nSPS) is 10.4. The molecule has 28 heavy (non-hydrogen) atoms. The Morgan fingerprint density at radius 3 is 2.61 bits per heavy atom. The zero-order valence-corrected chi connectivity index (χ0v) is 15.3. The number of rotatable bonds is 6. The molecule has 1 aromatic heterocycles. The van der Waals surface area contributed by atoms with Crippen LogP contribution in [0.4, 0.5) is 20.4 Å². The molecule has 2 N–H and O–H groups in total. The maximum Gasteiger partial charge on any atom is 0.274 e. The SMILES string of the molecule is COc1ccccc1CNc1nc(C)cc(C(=O)Nc2ccc(F)c(F)c2)n1. The predicted molar refractivity (Wildman–Crippen MR) is 101 cm³/mol. The van der Waals surface area contributed by atoms with Gasteiger partial charge in [-0.3, -0.25) is 4.79 Å². The molecule has 2 aromatic carbocycles. The molecule has 0 unspecified atom stereocenters. The van der Waals surface area contributed by atoms with Gasteiger partial charge in [0.2, 0.25) is 5.95 Å². The van der Waals surface area contributed by atoms with Crippen LogP contribution in [0.2, 0.25) is 0 Å². The lowest BCUT2D eigenvalue weighted by Crippen LogP contribution is -2.16. The minimum Gasteiger partial charge on any atom is -0.496 e. The lowest BCUT2D eigenvalue weighted by Gasteiger charge is -2.11. The number of methoxy groups -OCH3 is 1. The van der Waals surface area contributed by atoms with Crippen LogP contribution in [0.1, 0.15) is 21.7 Å². The van der Waals surface area contributed by atoms with E-state index >= 15 is 0 Å². The number of amides is 1. The van der Waals surface area contributed by atoms with Crippen molar-refractivity contribution in [2.24, 2.45) is 0 Å². The number of ether oxygens (including phenoxy) is 1. The molecule has 0 radical (unpaired) electrons. The van der Waals surface area contributed by atoms with Crippen molar-refractivity contribution >= 4 is 17.5 Å². The Morgan fingerprint density at radius 2 is 1.86 bits per heavy atom. The maximum atomic E-state index is 13.3. The molecular formula is C20H18F2N4O2. The van der Waals surface area contributed by atoms with E-state index in [2.05, 4.69) is 20.6 Å². The predicted octanol–water partition coefficient (Wildman–Crippen LogP) is 3.94. The summed E-state index contributed by atoms with van der Waals surface area (Å²) in [6.07, 6.45) is 0. The third-order valence-electron chi connectivity index (χ3n) is 3.89. The second-order valence-electron chi connectivity index (χ2n) is 5.97. The van der Waals surface area contributed by atoms with Gasteiger partial charge in [0.1, 0.15) is 11.4 Å². The number of para-hydroxylation sites is 1. The zero-order valence-electron chi connectivity index (χ0n) is 15.3. The monoisotopic (exact) mass is 384 g/mol. The van der Waals surface area contributed by atoms with E-state index in [-0.39, 0.29) is 17.3 Å². The van der Waals surface area contributed by atoms with E-state index in [0.717, 1.165) is 23.4 Å². The first-order chi connectivity index (χ1) is 13.5. The number of hydrogen-bond donors (Lipinski definition) is 2. The summed E-state index contributed by atoms with van der Waals surface area (Å²) in [5.74, 6) is -1.60. The molecule has 0 fully saturated rings. The highest BCUT2D eigenvalue weighted by molar-refractivity contribution is 6.03. The first kappa shape index (κ1) is 19.2. The number of aryl methyl sites for hydroxylation is 1. The van der Waals surface area contributed by atoms with Crippen molar-refractivity contribution in [1.29, 1.82) is 0 Å². The van der Waals surface area contributed by atoms with Gasteiger partial charge in [0, 0.05) is 29.6 Å². The summed E-state index contributed by atoms with van der Waals surface area (Å²) < 4.78 is 31.6. The molecular weight excluding hydrogens is 366 g/mol. The lowest BCUT2D eigenvalue weighted by molar-refractivity contribution is 0.102. The fraction of sp³-hybridized carbons (Fsp3) is 0.150. The van der Waals surface area contributed by atoms with E-state index in [1.54, 1.807) is 14.0 Å². The number of halogens is 2. The summed E-state index contributed by atoms with van der Waals surface area (Å²) in [7, 11) is 1.59. The Balaban J connectivity index is 1.75. The Bertz CT molecular complexity index is 1010. The number of benzene rings is 2. The standard InChI is InChI=1S/C20H18F2N4O2/c1-12-9-17(19(27)25-14-7-8-15(21)16(22)10-14)26-20(24-12)23-11-13-5-3-4-6-18(13)28-2/h3-10H,11H2,1-2H3,(H,25,27)(H,23,24,26). The highest BCUT2D eigenvalue weighted by Crippen LogP contribution is 2.19. The minimum absolute atomic E-state index is 0.0970. The van der Waals surface area contributed by atoms with Crippen molar-refractivity contribution in [3.8, 4) is 5.75 Å². The first-order valence-corrected chi connectivity index (χ1v) is 8.44. The summed E-state index contributed by atoms with van der Waals surface area (Å²) in [6, 6.07) is 12.1. The number of nitrogens with zero attached hydrogens (tertiary/aromatic N) is 2. The van der Waals surface area contributed by atoms with Crippen LogP contribution < -0.4 is 15.4 Å². The smallest absolute Gasteiger partial charge is 0.274 e. The van der Waals surface area contributed by atoms with Gasteiger partial charge in [-0.1, -0.05) is 18.2 Å². The van der Waals surface area contributed by atoms with Crippen molar-refractivity contribution in [1.82, 2.24) is 9.97 Å². The lowest BCUT2D eigenvalue weighted by atomic mass is 10.2. The van der Waals surface area contributed by atoms with Crippen molar-refractivity contribution < 1.29 is 18.3 Å². The summed E-state index contributed by atoms with van der Waals surface area (Å²) in [5, 5.41) is 5.55. The number of aromatic nitrogens is 2. The van der Waals surface area contributed by atoms with Crippen molar-refractivity contribution in [2.75, 3.05) is 17.7 Å². The number of carbonyl (C=O) groups excluding carboxylic acids is 1. The highest BCUT2D eigenvalue weighted by Gasteiger charge is 2.13. The Labute approximate surface area is 160 Å². The summed E-state index contributed by atoms with van der Waals surface area (Å²) >= 11 is 0. The van der Waals surface area contributed by atoms with Gasteiger partial charge >= 0.3 is 0 Å². The molecule has 0 spiro atoms. The average Bonchev–Trinajstić information content (AvgIpc) is 2.69. The van der Waals surface area contributed by atoms with Crippen molar-refractivity contribution in [3.63, 3.8) is 0 Å². The second kappa shape index (κ2) is 8.43. The number of carbonyl (C=O) groups is 1. The molecule has 0 aliphatic rings. The second-order valence-corrected chi connectivity index (χ2v) is 5.97. The van der Waals surface area contributed by atoms with Gasteiger partial charge in [0.15, 0.2) is 11.6 Å². The number of nitrogens with one attached hydrogen (secondary N) is 2. The van der Waals surface area contributed by atoms with Gasteiger partial charge in [0.05, 0.1) is 7.11 Å². The first-order valence-electron chi connectivity index (χ1n) is 8.44. The van der Waals surface area contributed by atoms with Crippen LogP contribution in [0.5, 0.6) is 5.75 Å².